The van der Waals surface area contributed by atoms with E-state index in [2.05, 4.69) is 15.3 Å². The second-order valence-electron chi connectivity index (χ2n) is 3.92. The van der Waals surface area contributed by atoms with Crippen LogP contribution in [0.25, 0.3) is 10.4 Å². The van der Waals surface area contributed by atoms with Gasteiger partial charge >= 0.3 is 5.97 Å². The van der Waals surface area contributed by atoms with Gasteiger partial charge in [0.25, 0.3) is 5.69 Å². The van der Waals surface area contributed by atoms with Crippen molar-refractivity contribution in [3.05, 3.63) is 44.3 Å². The van der Waals surface area contributed by atoms with Gasteiger partial charge in [0.2, 0.25) is 11.8 Å². The summed E-state index contributed by atoms with van der Waals surface area (Å²) in [5, 5.41) is 24.4. The summed E-state index contributed by atoms with van der Waals surface area (Å²) >= 11 is 0. The van der Waals surface area contributed by atoms with Crippen molar-refractivity contribution in [2.24, 2.45) is 5.11 Å². The third-order valence-corrected chi connectivity index (χ3v) is 2.43. The van der Waals surface area contributed by atoms with Gasteiger partial charge in [0.05, 0.1) is 4.92 Å². The number of nitro benzene ring substituents is 1. The Kier molecular flexibility index (Phi) is 5.55. The quantitative estimate of drug-likeness (QED) is 0.214. The van der Waals surface area contributed by atoms with Gasteiger partial charge in [-0.1, -0.05) is 5.11 Å². The highest BCUT2D eigenvalue weighted by molar-refractivity contribution is 6.01. The Balaban J connectivity index is 0.000000287. The molecule has 2 rings (SSSR count). The van der Waals surface area contributed by atoms with Gasteiger partial charge in [-0.25, -0.2) is 4.79 Å². The van der Waals surface area contributed by atoms with Gasteiger partial charge in [-0.2, -0.15) is 0 Å². The Morgan fingerprint density at radius 3 is 2.32 bits per heavy atom. The number of carboxylic acid groups (broad SMARTS) is 1. The van der Waals surface area contributed by atoms with Crippen molar-refractivity contribution in [2.45, 2.75) is 12.8 Å². The molecular formula is C11H9N5O6. The van der Waals surface area contributed by atoms with Crippen LogP contribution in [0.1, 0.15) is 23.2 Å². The molecule has 2 N–H and O–H groups in total. The lowest BCUT2D eigenvalue weighted by Gasteiger charge is -1.98. The average molecular weight is 307 g/mol. The molecule has 11 heteroatoms. The molecule has 0 radical (unpaired) electrons. The third kappa shape index (κ3) is 4.58. The molecule has 2 amide bonds. The highest BCUT2D eigenvalue weighted by Crippen LogP contribution is 2.24. The van der Waals surface area contributed by atoms with E-state index in [0.717, 1.165) is 12.1 Å². The predicted molar refractivity (Wildman–Crippen MR) is 71.2 cm³/mol. The van der Waals surface area contributed by atoms with Gasteiger partial charge in [-0.15, -0.1) is 0 Å². The fourth-order valence-electron chi connectivity index (χ4n) is 1.48. The standard InChI is InChI=1S/C7H4N4O4.C4H5NO2/c8-10-9-4-1-2-6(11(14)15)5(3-4)7(12)13;6-3-1-2-4(7)5-3/h1-3H,(H,12,13);1-2H2,(H,5,6,7). The minimum atomic E-state index is -1.45. The molecule has 114 valence electrons. The van der Waals surface area contributed by atoms with Gasteiger partial charge in [0.1, 0.15) is 5.56 Å². The largest absolute Gasteiger partial charge is 0.477 e. The number of rotatable bonds is 3. The highest BCUT2D eigenvalue weighted by Gasteiger charge is 2.19. The van der Waals surface area contributed by atoms with E-state index in [0.29, 0.717) is 12.8 Å². The first-order valence-electron chi connectivity index (χ1n) is 5.74. The summed E-state index contributed by atoms with van der Waals surface area (Å²) in [4.78, 5) is 42.9. The zero-order valence-corrected chi connectivity index (χ0v) is 10.9. The molecular weight excluding hydrogens is 298 g/mol. The zero-order valence-electron chi connectivity index (χ0n) is 10.9. The van der Waals surface area contributed by atoms with E-state index >= 15 is 0 Å². The fourth-order valence-corrected chi connectivity index (χ4v) is 1.48. The van der Waals surface area contributed by atoms with Crippen molar-refractivity contribution in [3.8, 4) is 0 Å². The van der Waals surface area contributed by atoms with Crippen LogP contribution < -0.4 is 5.32 Å². The number of amides is 2. The predicted octanol–water partition coefficient (Wildman–Crippen LogP) is 1.66. The normalized spacial score (nSPS) is 12.5. The Hall–Kier alpha value is -3.46. The summed E-state index contributed by atoms with van der Waals surface area (Å²) in [7, 11) is 0. The maximum Gasteiger partial charge on any atom is 0.342 e. The Morgan fingerprint density at radius 2 is 1.95 bits per heavy atom. The highest BCUT2D eigenvalue weighted by atomic mass is 16.6. The minimum absolute atomic E-state index is 0.0144. The van der Waals surface area contributed by atoms with Gasteiger partial charge < -0.3 is 5.11 Å². The number of azide groups is 1. The molecule has 0 aromatic heterocycles. The van der Waals surface area contributed by atoms with E-state index < -0.39 is 22.1 Å². The van der Waals surface area contributed by atoms with Crippen molar-refractivity contribution in [1.82, 2.24) is 5.32 Å². The van der Waals surface area contributed by atoms with Crippen LogP contribution in [0, 0.1) is 10.1 Å². The van der Waals surface area contributed by atoms with E-state index in [4.69, 9.17) is 10.6 Å². The van der Waals surface area contributed by atoms with E-state index in [9.17, 15) is 24.5 Å². The first kappa shape index (κ1) is 16.6. The number of nitrogens with zero attached hydrogens (tertiary/aromatic N) is 4. The Bertz CT molecular complexity index is 680. The van der Waals surface area contributed by atoms with Crippen molar-refractivity contribution >= 4 is 29.2 Å². The van der Waals surface area contributed by atoms with Crippen molar-refractivity contribution in [2.75, 3.05) is 0 Å². The van der Waals surface area contributed by atoms with Crippen molar-refractivity contribution in [3.63, 3.8) is 0 Å². The van der Waals surface area contributed by atoms with Gasteiger partial charge in [-0.05, 0) is 17.7 Å². The molecule has 0 bridgehead atoms. The molecule has 0 aliphatic carbocycles. The summed E-state index contributed by atoms with van der Waals surface area (Å²) in [6.45, 7) is 0. The molecule has 0 spiro atoms. The van der Waals surface area contributed by atoms with Gasteiger partial charge in [-0.3, -0.25) is 25.0 Å². The molecule has 1 fully saturated rings. The maximum absolute atomic E-state index is 10.6. The van der Waals surface area contributed by atoms with Crippen molar-refractivity contribution in [1.29, 1.82) is 0 Å². The van der Waals surface area contributed by atoms with Gasteiger partial charge in [0.15, 0.2) is 0 Å². The van der Waals surface area contributed by atoms with Crippen LogP contribution in [0.5, 0.6) is 0 Å². The summed E-state index contributed by atoms with van der Waals surface area (Å²) in [6, 6.07) is 3.10. The number of hydrogen-bond acceptors (Lipinski definition) is 6. The minimum Gasteiger partial charge on any atom is -0.477 e. The fraction of sp³-hybridized carbons (Fsp3) is 0.182. The van der Waals surface area contributed by atoms with Crippen LogP contribution in [0.2, 0.25) is 0 Å². The third-order valence-electron chi connectivity index (χ3n) is 2.43. The number of benzene rings is 1. The van der Waals surface area contributed by atoms with Crippen LogP contribution in [0.3, 0.4) is 0 Å². The Morgan fingerprint density at radius 1 is 1.36 bits per heavy atom. The number of carbonyl (C=O) groups is 3. The molecule has 0 saturated carbocycles. The van der Waals surface area contributed by atoms with E-state index in [1.807, 2.05) is 0 Å². The van der Waals surface area contributed by atoms with Crippen molar-refractivity contribution < 1.29 is 24.4 Å². The summed E-state index contributed by atoms with van der Waals surface area (Å²) < 4.78 is 0. The molecule has 1 aromatic rings. The van der Waals surface area contributed by atoms with Crippen LogP contribution in [0.4, 0.5) is 11.4 Å². The monoisotopic (exact) mass is 307 g/mol. The first-order chi connectivity index (χ1) is 10.3. The summed E-state index contributed by atoms with van der Waals surface area (Å²) in [5.41, 5.74) is 7.07. The number of carbonyl (C=O) groups excluding carboxylic acids is 2. The summed E-state index contributed by atoms with van der Waals surface area (Å²) in [5.74, 6) is -1.74. The molecule has 1 saturated heterocycles. The lowest BCUT2D eigenvalue weighted by atomic mass is 10.1. The smallest absolute Gasteiger partial charge is 0.342 e. The second kappa shape index (κ2) is 7.36. The average Bonchev–Trinajstić information content (AvgIpc) is 2.83. The first-order valence-corrected chi connectivity index (χ1v) is 5.74. The number of nitro groups is 1. The molecule has 1 aliphatic rings. The van der Waals surface area contributed by atoms with E-state index in [1.165, 1.54) is 6.07 Å². The summed E-state index contributed by atoms with van der Waals surface area (Å²) in [6.07, 6.45) is 0.748. The number of nitrogens with one attached hydrogen (secondary N) is 1. The molecule has 1 aromatic carbocycles. The van der Waals surface area contributed by atoms with Gasteiger partial charge in [0, 0.05) is 29.5 Å². The Labute approximate surface area is 122 Å². The van der Waals surface area contributed by atoms with Crippen LogP contribution >= 0.6 is 0 Å². The van der Waals surface area contributed by atoms with E-state index in [1.54, 1.807) is 0 Å². The van der Waals surface area contributed by atoms with Crippen LogP contribution in [0.15, 0.2) is 23.3 Å². The number of imide groups is 1. The second-order valence-corrected chi connectivity index (χ2v) is 3.92. The molecule has 22 heavy (non-hydrogen) atoms. The maximum atomic E-state index is 10.6. The lowest BCUT2D eigenvalue weighted by Crippen LogP contribution is -2.18. The number of hydrogen-bond donors (Lipinski definition) is 2. The number of aromatic carboxylic acids is 1. The van der Waals surface area contributed by atoms with Crippen LogP contribution in [-0.2, 0) is 9.59 Å². The zero-order chi connectivity index (χ0) is 16.7. The molecule has 1 aliphatic heterocycles. The van der Waals surface area contributed by atoms with E-state index in [-0.39, 0.29) is 17.5 Å². The number of carboxylic acids is 1. The SMILES string of the molecule is O=C1CCC(=O)N1.[N-]=[N+]=Nc1ccc([N+](=O)[O-])c(C(=O)O)c1. The van der Waals surface area contributed by atoms with Crippen LogP contribution in [-0.4, -0.2) is 27.8 Å². The topological polar surface area (TPSA) is 175 Å². The molecule has 0 atom stereocenters. The molecule has 1 heterocycles. The molecule has 11 nitrogen and oxygen atoms in total. The molecule has 0 unspecified atom stereocenters. The lowest BCUT2D eigenvalue weighted by molar-refractivity contribution is -0.385.